The standard InChI is InChI=1S/C17H26N2O2/c1-13-5-7-14(8-6-13)11-15-12-18-9-10-19(15)16(20)21-17(2,3)4/h5-8,15,18H,9-12H2,1-4H3. The molecule has 1 aromatic carbocycles. The van der Waals surface area contributed by atoms with E-state index in [1.807, 2.05) is 25.7 Å². The number of aryl methyl sites for hydroxylation is 1. The Kier molecular flexibility index (Phi) is 4.88. The number of carbonyl (C=O) groups is 1. The SMILES string of the molecule is Cc1ccc(CC2CNCCN2C(=O)OC(C)(C)C)cc1. The van der Waals surface area contributed by atoms with Crippen molar-refractivity contribution >= 4 is 6.09 Å². The molecule has 1 amide bonds. The molecule has 0 spiro atoms. The van der Waals surface area contributed by atoms with Gasteiger partial charge in [-0.3, -0.25) is 0 Å². The van der Waals surface area contributed by atoms with E-state index in [1.165, 1.54) is 11.1 Å². The number of rotatable bonds is 2. The van der Waals surface area contributed by atoms with Crippen molar-refractivity contribution in [3.63, 3.8) is 0 Å². The molecule has 1 N–H and O–H groups in total. The van der Waals surface area contributed by atoms with Gasteiger partial charge in [-0.2, -0.15) is 0 Å². The van der Waals surface area contributed by atoms with Gasteiger partial charge in [-0.1, -0.05) is 29.8 Å². The van der Waals surface area contributed by atoms with Crippen molar-refractivity contribution in [3.05, 3.63) is 35.4 Å². The number of nitrogens with one attached hydrogen (secondary N) is 1. The van der Waals surface area contributed by atoms with Crippen LogP contribution in [0.1, 0.15) is 31.9 Å². The molecule has 1 saturated heterocycles. The minimum absolute atomic E-state index is 0.149. The van der Waals surface area contributed by atoms with Gasteiger partial charge in [0, 0.05) is 19.6 Å². The smallest absolute Gasteiger partial charge is 0.410 e. The van der Waals surface area contributed by atoms with Gasteiger partial charge >= 0.3 is 6.09 Å². The van der Waals surface area contributed by atoms with Gasteiger partial charge in [-0.25, -0.2) is 4.79 Å². The highest BCUT2D eigenvalue weighted by Gasteiger charge is 2.30. The number of hydrogen-bond acceptors (Lipinski definition) is 3. The lowest BCUT2D eigenvalue weighted by molar-refractivity contribution is 0.0122. The monoisotopic (exact) mass is 290 g/mol. The van der Waals surface area contributed by atoms with Crippen LogP contribution in [0.3, 0.4) is 0 Å². The number of benzene rings is 1. The lowest BCUT2D eigenvalue weighted by Gasteiger charge is -2.37. The second-order valence-electron chi connectivity index (χ2n) is 6.72. The zero-order valence-corrected chi connectivity index (χ0v) is 13.5. The van der Waals surface area contributed by atoms with Crippen LogP contribution in [0.15, 0.2) is 24.3 Å². The van der Waals surface area contributed by atoms with E-state index in [0.717, 1.165) is 19.5 Å². The third-order valence-electron chi connectivity index (χ3n) is 3.57. The van der Waals surface area contributed by atoms with Crippen LogP contribution < -0.4 is 5.32 Å². The van der Waals surface area contributed by atoms with Crippen LogP contribution >= 0.6 is 0 Å². The fourth-order valence-electron chi connectivity index (χ4n) is 2.50. The molecule has 1 fully saturated rings. The Morgan fingerprint density at radius 3 is 2.62 bits per heavy atom. The van der Waals surface area contributed by atoms with Crippen LogP contribution in [0.4, 0.5) is 4.79 Å². The van der Waals surface area contributed by atoms with Crippen LogP contribution in [0.2, 0.25) is 0 Å². The Morgan fingerprint density at radius 1 is 1.33 bits per heavy atom. The maximum atomic E-state index is 12.3. The Labute approximate surface area is 127 Å². The maximum absolute atomic E-state index is 12.3. The highest BCUT2D eigenvalue weighted by Crippen LogP contribution is 2.16. The van der Waals surface area contributed by atoms with Gasteiger partial charge in [0.2, 0.25) is 0 Å². The van der Waals surface area contributed by atoms with Crippen LogP contribution in [-0.2, 0) is 11.2 Å². The topological polar surface area (TPSA) is 41.6 Å². The van der Waals surface area contributed by atoms with E-state index in [2.05, 4.69) is 36.5 Å². The highest BCUT2D eigenvalue weighted by atomic mass is 16.6. The number of carbonyl (C=O) groups excluding carboxylic acids is 1. The number of amides is 1. The third-order valence-corrected chi connectivity index (χ3v) is 3.57. The summed E-state index contributed by atoms with van der Waals surface area (Å²) in [4.78, 5) is 14.2. The molecule has 0 aliphatic carbocycles. The summed E-state index contributed by atoms with van der Waals surface area (Å²) in [6.45, 7) is 10.1. The van der Waals surface area contributed by atoms with Gasteiger partial charge in [0.1, 0.15) is 5.60 Å². The van der Waals surface area contributed by atoms with Crippen molar-refractivity contribution in [2.45, 2.75) is 45.8 Å². The minimum Gasteiger partial charge on any atom is -0.444 e. The van der Waals surface area contributed by atoms with Gasteiger partial charge in [-0.15, -0.1) is 0 Å². The summed E-state index contributed by atoms with van der Waals surface area (Å²) in [5.74, 6) is 0. The summed E-state index contributed by atoms with van der Waals surface area (Å²) in [5.41, 5.74) is 2.06. The van der Waals surface area contributed by atoms with Crippen molar-refractivity contribution < 1.29 is 9.53 Å². The van der Waals surface area contributed by atoms with Crippen LogP contribution in [0.5, 0.6) is 0 Å². The summed E-state index contributed by atoms with van der Waals surface area (Å²) in [7, 11) is 0. The third kappa shape index (κ3) is 4.74. The second-order valence-corrected chi connectivity index (χ2v) is 6.72. The van der Waals surface area contributed by atoms with E-state index < -0.39 is 5.60 Å². The molecule has 0 radical (unpaired) electrons. The summed E-state index contributed by atoms with van der Waals surface area (Å²) >= 11 is 0. The molecule has 21 heavy (non-hydrogen) atoms. The normalized spacial score (nSPS) is 19.4. The molecule has 1 aliphatic rings. The Morgan fingerprint density at radius 2 is 2.00 bits per heavy atom. The van der Waals surface area contributed by atoms with Gasteiger partial charge < -0.3 is 15.0 Å². The molecular formula is C17H26N2O2. The van der Waals surface area contributed by atoms with E-state index in [1.54, 1.807) is 0 Å². The maximum Gasteiger partial charge on any atom is 0.410 e. The summed E-state index contributed by atoms with van der Waals surface area (Å²) < 4.78 is 5.52. The van der Waals surface area contributed by atoms with E-state index >= 15 is 0 Å². The Hall–Kier alpha value is -1.55. The molecule has 1 unspecified atom stereocenters. The Bertz CT molecular complexity index is 477. The van der Waals surface area contributed by atoms with Crippen molar-refractivity contribution in [2.75, 3.05) is 19.6 Å². The zero-order chi connectivity index (χ0) is 15.5. The predicted octanol–water partition coefficient (Wildman–Crippen LogP) is 2.75. The number of ether oxygens (including phenoxy) is 1. The molecule has 1 atom stereocenters. The zero-order valence-electron chi connectivity index (χ0n) is 13.5. The van der Waals surface area contributed by atoms with E-state index in [9.17, 15) is 4.79 Å². The molecule has 1 heterocycles. The molecule has 0 saturated carbocycles. The van der Waals surface area contributed by atoms with E-state index in [4.69, 9.17) is 4.74 Å². The van der Waals surface area contributed by atoms with Crippen molar-refractivity contribution in [1.29, 1.82) is 0 Å². The van der Waals surface area contributed by atoms with Gasteiger partial charge in [0.05, 0.1) is 6.04 Å². The van der Waals surface area contributed by atoms with E-state index in [-0.39, 0.29) is 12.1 Å². The minimum atomic E-state index is -0.448. The molecule has 1 aliphatic heterocycles. The summed E-state index contributed by atoms with van der Waals surface area (Å²) in [5, 5.41) is 3.36. The largest absolute Gasteiger partial charge is 0.444 e. The first-order valence-electron chi connectivity index (χ1n) is 7.61. The fourth-order valence-corrected chi connectivity index (χ4v) is 2.50. The predicted molar refractivity (Wildman–Crippen MR) is 84.5 cm³/mol. The van der Waals surface area contributed by atoms with Crippen LogP contribution in [0, 0.1) is 6.92 Å². The van der Waals surface area contributed by atoms with E-state index in [0.29, 0.717) is 6.54 Å². The number of hydrogen-bond donors (Lipinski definition) is 1. The fraction of sp³-hybridized carbons (Fsp3) is 0.588. The molecule has 2 rings (SSSR count). The number of piperazine rings is 1. The molecule has 0 bridgehead atoms. The quantitative estimate of drug-likeness (QED) is 0.910. The lowest BCUT2D eigenvalue weighted by atomic mass is 10.0. The summed E-state index contributed by atoms with van der Waals surface area (Å²) in [6, 6.07) is 8.65. The molecule has 116 valence electrons. The average Bonchev–Trinajstić information content (AvgIpc) is 2.40. The summed E-state index contributed by atoms with van der Waals surface area (Å²) in [6.07, 6.45) is 0.646. The van der Waals surface area contributed by atoms with Gasteiger partial charge in [0.25, 0.3) is 0 Å². The van der Waals surface area contributed by atoms with Crippen molar-refractivity contribution in [2.24, 2.45) is 0 Å². The first-order valence-corrected chi connectivity index (χ1v) is 7.61. The number of nitrogens with zero attached hydrogens (tertiary/aromatic N) is 1. The first-order chi connectivity index (χ1) is 9.85. The second kappa shape index (κ2) is 6.48. The highest BCUT2D eigenvalue weighted by molar-refractivity contribution is 5.68. The van der Waals surface area contributed by atoms with Gasteiger partial charge in [0.15, 0.2) is 0 Å². The molecule has 4 nitrogen and oxygen atoms in total. The first kappa shape index (κ1) is 15.8. The molecule has 4 heteroatoms. The van der Waals surface area contributed by atoms with Crippen LogP contribution in [0.25, 0.3) is 0 Å². The van der Waals surface area contributed by atoms with Crippen molar-refractivity contribution in [1.82, 2.24) is 10.2 Å². The molecule has 1 aromatic rings. The lowest BCUT2D eigenvalue weighted by Crippen LogP contribution is -2.55. The van der Waals surface area contributed by atoms with Crippen molar-refractivity contribution in [3.8, 4) is 0 Å². The molecular weight excluding hydrogens is 264 g/mol. The average molecular weight is 290 g/mol. The Balaban J connectivity index is 2.04. The molecule has 0 aromatic heterocycles. The van der Waals surface area contributed by atoms with Crippen LogP contribution in [-0.4, -0.2) is 42.3 Å². The van der Waals surface area contributed by atoms with Gasteiger partial charge in [-0.05, 0) is 39.7 Å².